The number of nitriles is 1. The average molecular weight is 406 g/mol. The Morgan fingerprint density at radius 1 is 1.46 bits per heavy atom. The molecular weight excluding hydrogens is 383 g/mol. The van der Waals surface area contributed by atoms with E-state index >= 15 is 0 Å². The second-order valence-electron chi connectivity index (χ2n) is 5.54. The molecule has 0 bridgehead atoms. The number of carbonyl (C=O) groups is 1. The number of anilines is 1. The van der Waals surface area contributed by atoms with Crippen LogP contribution in [-0.2, 0) is 18.0 Å². The normalized spacial score (nSPS) is 11.0. The van der Waals surface area contributed by atoms with Gasteiger partial charge in [-0.3, -0.25) is 4.79 Å². The van der Waals surface area contributed by atoms with Gasteiger partial charge in [-0.1, -0.05) is 13.3 Å². The van der Waals surface area contributed by atoms with Crippen molar-refractivity contribution in [3.05, 3.63) is 54.6 Å². The van der Waals surface area contributed by atoms with Crippen molar-refractivity contribution in [2.75, 3.05) is 11.9 Å². The third-order valence-corrected chi connectivity index (χ3v) is 4.35. The summed E-state index contributed by atoms with van der Waals surface area (Å²) >= 11 is 0. The Kier molecular flexibility index (Phi) is 9.08. The van der Waals surface area contributed by atoms with Crippen LogP contribution in [0.3, 0.4) is 0 Å². The molecule has 9 heteroatoms. The predicted molar refractivity (Wildman–Crippen MR) is 107 cm³/mol. The van der Waals surface area contributed by atoms with Crippen molar-refractivity contribution in [1.82, 2.24) is 4.57 Å². The number of nitrogens with one attached hydrogen (secondary N) is 1. The molecule has 0 aliphatic rings. The Bertz CT molecular complexity index is 905. The molecule has 0 saturated carbocycles. The molecule has 150 valence electrons. The standard InChI is InChI=1S/C17H19FN4O3S.C2H4/c1-3-4-7-25-16-14(26(20)24)10-22(2)15(16)17(23)21-12-5-6-13(18)11(8-12)9-19;1-2/h5-6,8,10H,3-4,7,20H2,1-2H3,(H,21,23);1-2H2. The van der Waals surface area contributed by atoms with Gasteiger partial charge in [-0.25, -0.2) is 13.7 Å². The molecule has 7 nitrogen and oxygen atoms in total. The minimum absolute atomic E-state index is 0.137. The summed E-state index contributed by atoms with van der Waals surface area (Å²) < 4.78 is 32.3. The predicted octanol–water partition coefficient (Wildman–Crippen LogP) is 3.25. The minimum atomic E-state index is -1.83. The second-order valence-corrected chi connectivity index (χ2v) is 6.58. The van der Waals surface area contributed by atoms with Gasteiger partial charge in [0.05, 0.1) is 12.2 Å². The van der Waals surface area contributed by atoms with Gasteiger partial charge in [0.1, 0.15) is 27.8 Å². The number of unbranched alkanes of at least 4 members (excludes halogenated alkanes) is 1. The molecule has 0 aliphatic heterocycles. The van der Waals surface area contributed by atoms with E-state index in [2.05, 4.69) is 18.5 Å². The fourth-order valence-electron chi connectivity index (χ4n) is 2.32. The Labute approximate surface area is 166 Å². The molecule has 1 heterocycles. The first-order valence-corrected chi connectivity index (χ1v) is 9.59. The summed E-state index contributed by atoms with van der Waals surface area (Å²) in [6, 6.07) is 5.38. The van der Waals surface area contributed by atoms with E-state index in [0.29, 0.717) is 6.61 Å². The highest BCUT2D eigenvalue weighted by Crippen LogP contribution is 2.29. The van der Waals surface area contributed by atoms with Crippen LogP contribution in [0.25, 0.3) is 0 Å². The highest BCUT2D eigenvalue weighted by Gasteiger charge is 2.24. The summed E-state index contributed by atoms with van der Waals surface area (Å²) in [6.45, 7) is 8.34. The minimum Gasteiger partial charge on any atom is -0.490 e. The van der Waals surface area contributed by atoms with Crippen LogP contribution >= 0.6 is 0 Å². The summed E-state index contributed by atoms with van der Waals surface area (Å²) in [5.41, 5.74) is 0.208. The van der Waals surface area contributed by atoms with Gasteiger partial charge in [-0.15, -0.1) is 13.2 Å². The molecule has 1 atom stereocenters. The highest BCUT2D eigenvalue weighted by atomic mass is 32.2. The van der Waals surface area contributed by atoms with E-state index in [-0.39, 0.29) is 27.6 Å². The molecule has 28 heavy (non-hydrogen) atoms. The summed E-state index contributed by atoms with van der Waals surface area (Å²) in [4.78, 5) is 12.9. The van der Waals surface area contributed by atoms with Crippen molar-refractivity contribution in [3.8, 4) is 11.8 Å². The van der Waals surface area contributed by atoms with Gasteiger partial charge in [0.25, 0.3) is 5.91 Å². The highest BCUT2D eigenvalue weighted by molar-refractivity contribution is 7.82. The lowest BCUT2D eigenvalue weighted by Gasteiger charge is -2.11. The number of hydrogen-bond donors (Lipinski definition) is 2. The molecule has 0 radical (unpaired) electrons. The summed E-state index contributed by atoms with van der Waals surface area (Å²) in [6.07, 6.45) is 3.12. The van der Waals surface area contributed by atoms with E-state index in [1.165, 1.54) is 22.9 Å². The van der Waals surface area contributed by atoms with Gasteiger partial charge in [-0.05, 0) is 24.6 Å². The first-order chi connectivity index (χ1) is 13.4. The monoisotopic (exact) mass is 406 g/mol. The van der Waals surface area contributed by atoms with Gasteiger partial charge in [0.2, 0.25) is 0 Å². The lowest BCUT2D eigenvalue weighted by atomic mass is 10.2. The van der Waals surface area contributed by atoms with Crippen molar-refractivity contribution in [3.63, 3.8) is 0 Å². The molecule has 1 aromatic heterocycles. The number of nitrogens with two attached hydrogens (primary N) is 1. The maximum atomic E-state index is 13.4. The average Bonchev–Trinajstić information content (AvgIpc) is 3.01. The van der Waals surface area contributed by atoms with Crippen LogP contribution in [0.15, 0.2) is 42.4 Å². The zero-order valence-electron chi connectivity index (χ0n) is 15.8. The summed E-state index contributed by atoms with van der Waals surface area (Å²) in [7, 11) is -0.225. The fraction of sp³-hybridized carbons (Fsp3) is 0.263. The molecule has 1 amide bonds. The third-order valence-electron chi connectivity index (χ3n) is 3.62. The summed E-state index contributed by atoms with van der Waals surface area (Å²) in [5.74, 6) is -1.07. The van der Waals surface area contributed by atoms with Gasteiger partial charge in [-0.2, -0.15) is 5.26 Å². The molecule has 0 saturated heterocycles. The Hall–Kier alpha value is -2.96. The Morgan fingerprint density at radius 2 is 2.14 bits per heavy atom. The van der Waals surface area contributed by atoms with Crippen molar-refractivity contribution in [2.45, 2.75) is 24.7 Å². The van der Waals surface area contributed by atoms with Gasteiger partial charge in [0, 0.05) is 18.9 Å². The number of nitrogens with zero attached hydrogens (tertiary/aromatic N) is 2. The number of rotatable bonds is 7. The van der Waals surface area contributed by atoms with E-state index in [4.69, 9.17) is 15.1 Å². The van der Waals surface area contributed by atoms with E-state index in [0.717, 1.165) is 18.9 Å². The number of hydrogen-bond acceptors (Lipinski definition) is 4. The molecule has 1 unspecified atom stereocenters. The van der Waals surface area contributed by atoms with E-state index in [9.17, 15) is 13.4 Å². The van der Waals surface area contributed by atoms with Crippen LogP contribution in [0, 0.1) is 17.1 Å². The largest absolute Gasteiger partial charge is 0.490 e. The molecule has 0 aliphatic carbocycles. The van der Waals surface area contributed by atoms with Crippen molar-refractivity contribution in [2.24, 2.45) is 12.2 Å². The zero-order chi connectivity index (χ0) is 21.3. The van der Waals surface area contributed by atoms with Crippen molar-refractivity contribution < 1.29 is 18.1 Å². The second kappa shape index (κ2) is 11.0. The van der Waals surface area contributed by atoms with Crippen LogP contribution in [0.4, 0.5) is 10.1 Å². The van der Waals surface area contributed by atoms with Crippen LogP contribution in [0.1, 0.15) is 35.8 Å². The maximum absolute atomic E-state index is 13.4. The van der Waals surface area contributed by atoms with Crippen LogP contribution in [-0.4, -0.2) is 21.3 Å². The molecule has 1 aromatic carbocycles. The topological polar surface area (TPSA) is 110 Å². The van der Waals surface area contributed by atoms with E-state index < -0.39 is 22.7 Å². The van der Waals surface area contributed by atoms with E-state index in [1.54, 1.807) is 13.1 Å². The third kappa shape index (κ3) is 5.52. The molecule has 2 aromatic rings. The molecule has 3 N–H and O–H groups in total. The lowest BCUT2D eigenvalue weighted by molar-refractivity contribution is 0.101. The Morgan fingerprint density at radius 3 is 2.71 bits per heavy atom. The first kappa shape index (κ1) is 23.1. The molecule has 0 fully saturated rings. The van der Waals surface area contributed by atoms with Crippen LogP contribution in [0.5, 0.6) is 5.75 Å². The number of benzene rings is 1. The fourth-order valence-corrected chi connectivity index (χ4v) is 2.92. The number of amides is 1. The van der Waals surface area contributed by atoms with Crippen LogP contribution < -0.4 is 15.2 Å². The summed E-state index contributed by atoms with van der Waals surface area (Å²) in [5, 5.41) is 17.0. The number of ether oxygens (including phenoxy) is 1. The SMILES string of the molecule is C=C.CCCCOc1c(S(N)=O)cn(C)c1C(=O)Nc1ccc(F)c(C#N)c1. The van der Waals surface area contributed by atoms with Gasteiger partial charge < -0.3 is 14.6 Å². The first-order valence-electron chi connectivity index (χ1n) is 8.38. The molecule has 0 spiro atoms. The van der Waals surface area contributed by atoms with Crippen LogP contribution in [0.2, 0.25) is 0 Å². The van der Waals surface area contributed by atoms with Gasteiger partial charge >= 0.3 is 0 Å². The van der Waals surface area contributed by atoms with E-state index in [1.807, 2.05) is 6.92 Å². The van der Waals surface area contributed by atoms with Gasteiger partial charge in [0.15, 0.2) is 11.4 Å². The van der Waals surface area contributed by atoms with Crippen molar-refractivity contribution in [1.29, 1.82) is 5.26 Å². The quantitative estimate of drug-likeness (QED) is 0.543. The zero-order valence-corrected chi connectivity index (χ0v) is 16.6. The number of aryl methyl sites for hydroxylation is 1. The maximum Gasteiger partial charge on any atom is 0.276 e. The number of halogens is 1. The lowest BCUT2D eigenvalue weighted by Crippen LogP contribution is -2.17. The van der Waals surface area contributed by atoms with Crippen molar-refractivity contribution >= 4 is 22.6 Å². The number of aromatic nitrogens is 1. The molecular formula is C19H23FN4O3S. The Balaban J connectivity index is 0.00000190. The number of carbonyl (C=O) groups excluding carboxylic acids is 1. The molecule has 2 rings (SSSR count). The smallest absolute Gasteiger partial charge is 0.276 e.